The van der Waals surface area contributed by atoms with Gasteiger partial charge >= 0.3 is 0 Å². The van der Waals surface area contributed by atoms with Crippen molar-refractivity contribution in [3.8, 4) is 0 Å². The molecule has 0 fully saturated rings. The fraction of sp³-hybridized carbons (Fsp3) is 0.333. The second-order valence-electron chi connectivity index (χ2n) is 10.7. The first kappa shape index (κ1) is 31.5. The van der Waals surface area contributed by atoms with Gasteiger partial charge in [0.2, 0.25) is 11.8 Å². The molecule has 3 rings (SSSR count). The first-order valence-electron chi connectivity index (χ1n) is 12.8. The number of rotatable bonds is 9. The number of aryl methyl sites for hydroxylation is 1. The highest BCUT2D eigenvalue weighted by Gasteiger charge is 2.34. The molecule has 1 atom stereocenters. The van der Waals surface area contributed by atoms with Crippen LogP contribution < -0.4 is 9.62 Å². The summed E-state index contributed by atoms with van der Waals surface area (Å²) in [5.41, 5.74) is 1.75. The molecule has 40 heavy (non-hydrogen) atoms. The van der Waals surface area contributed by atoms with Gasteiger partial charge in [0.05, 0.1) is 10.6 Å². The van der Waals surface area contributed by atoms with E-state index in [9.17, 15) is 18.0 Å². The number of sulfonamides is 1. The standard InChI is InChI=1S/C30H35Cl2N3O4S/c1-20-14-16-24(17-15-20)40(38,39)35(27-13-9-12-25(31)21(27)2)19-28(36)34(18-23-10-7-8-11-26(23)32)22(3)29(37)33-30(4,5)6/h7-17,22H,18-19H2,1-6H3,(H,33,37)/t22-/m0/s1. The second-order valence-corrected chi connectivity index (χ2v) is 13.4. The topological polar surface area (TPSA) is 86.8 Å². The normalized spacial score (nSPS) is 12.5. The van der Waals surface area contributed by atoms with Gasteiger partial charge in [0.15, 0.2) is 0 Å². The summed E-state index contributed by atoms with van der Waals surface area (Å²) in [6.07, 6.45) is 0. The summed E-state index contributed by atoms with van der Waals surface area (Å²) in [5, 5.41) is 3.69. The van der Waals surface area contributed by atoms with Gasteiger partial charge in [-0.25, -0.2) is 8.42 Å². The van der Waals surface area contributed by atoms with Crippen LogP contribution in [-0.4, -0.2) is 43.3 Å². The molecule has 0 saturated carbocycles. The molecule has 0 saturated heterocycles. The van der Waals surface area contributed by atoms with Gasteiger partial charge < -0.3 is 10.2 Å². The molecule has 0 aliphatic heterocycles. The van der Waals surface area contributed by atoms with Gasteiger partial charge in [-0.15, -0.1) is 0 Å². The first-order valence-corrected chi connectivity index (χ1v) is 15.0. The van der Waals surface area contributed by atoms with Gasteiger partial charge in [-0.2, -0.15) is 0 Å². The van der Waals surface area contributed by atoms with Crippen molar-refractivity contribution in [2.45, 2.75) is 64.6 Å². The Bertz CT molecular complexity index is 1490. The molecule has 1 N–H and O–H groups in total. The Kier molecular flexibility index (Phi) is 9.93. The lowest BCUT2D eigenvalue weighted by molar-refractivity contribution is -0.140. The van der Waals surface area contributed by atoms with Crippen LogP contribution in [0.15, 0.2) is 71.6 Å². The van der Waals surface area contributed by atoms with Crippen molar-refractivity contribution in [1.82, 2.24) is 10.2 Å². The largest absolute Gasteiger partial charge is 0.350 e. The molecule has 0 radical (unpaired) electrons. The molecule has 10 heteroatoms. The predicted molar refractivity (Wildman–Crippen MR) is 161 cm³/mol. The third kappa shape index (κ3) is 7.56. The number of carbonyl (C=O) groups is 2. The van der Waals surface area contributed by atoms with Crippen molar-refractivity contribution in [1.29, 1.82) is 0 Å². The number of anilines is 1. The average molecular weight is 605 g/mol. The van der Waals surface area contributed by atoms with Crippen LogP contribution in [0.4, 0.5) is 5.69 Å². The van der Waals surface area contributed by atoms with Gasteiger partial charge in [-0.05, 0) is 83.0 Å². The molecule has 3 aromatic carbocycles. The van der Waals surface area contributed by atoms with Gasteiger partial charge in [-0.1, -0.05) is 65.2 Å². The van der Waals surface area contributed by atoms with E-state index in [0.29, 0.717) is 21.2 Å². The van der Waals surface area contributed by atoms with Crippen LogP contribution in [0.3, 0.4) is 0 Å². The maximum atomic E-state index is 14.0. The smallest absolute Gasteiger partial charge is 0.264 e. The van der Waals surface area contributed by atoms with Gasteiger partial charge in [-0.3, -0.25) is 13.9 Å². The molecule has 0 aliphatic carbocycles. The van der Waals surface area contributed by atoms with E-state index in [1.165, 1.54) is 17.0 Å². The van der Waals surface area contributed by atoms with Crippen LogP contribution in [0.1, 0.15) is 44.4 Å². The zero-order valence-electron chi connectivity index (χ0n) is 23.5. The number of benzene rings is 3. The highest BCUT2D eigenvalue weighted by Crippen LogP contribution is 2.31. The lowest BCUT2D eigenvalue weighted by Gasteiger charge is -2.34. The molecule has 0 aliphatic rings. The maximum absolute atomic E-state index is 14.0. The molecule has 214 valence electrons. The Morgan fingerprint density at radius 1 is 0.900 bits per heavy atom. The first-order chi connectivity index (χ1) is 18.6. The van der Waals surface area contributed by atoms with Crippen molar-refractivity contribution < 1.29 is 18.0 Å². The molecule has 0 aromatic heterocycles. The van der Waals surface area contributed by atoms with E-state index >= 15 is 0 Å². The van der Waals surface area contributed by atoms with Crippen LogP contribution in [0.5, 0.6) is 0 Å². The summed E-state index contributed by atoms with van der Waals surface area (Å²) >= 11 is 12.8. The number of halogens is 2. The quantitative estimate of drug-likeness (QED) is 0.318. The average Bonchev–Trinajstić information content (AvgIpc) is 2.87. The summed E-state index contributed by atoms with van der Waals surface area (Å²) in [6, 6.07) is 17.4. The number of hydrogen-bond donors (Lipinski definition) is 1. The van der Waals surface area contributed by atoms with Crippen LogP contribution in [-0.2, 0) is 26.2 Å². The van der Waals surface area contributed by atoms with Crippen LogP contribution in [0.25, 0.3) is 0 Å². The molecular formula is C30H35Cl2N3O4S. The SMILES string of the molecule is Cc1ccc(S(=O)(=O)N(CC(=O)N(Cc2ccccc2Cl)[C@@H](C)C(=O)NC(C)(C)C)c2cccc(Cl)c2C)cc1. The summed E-state index contributed by atoms with van der Waals surface area (Å²) < 4.78 is 29.0. The number of nitrogens with one attached hydrogen (secondary N) is 1. The van der Waals surface area contributed by atoms with Crippen LogP contribution >= 0.6 is 23.2 Å². The number of hydrogen-bond acceptors (Lipinski definition) is 4. The van der Waals surface area contributed by atoms with E-state index in [0.717, 1.165) is 9.87 Å². The summed E-state index contributed by atoms with van der Waals surface area (Å²) in [4.78, 5) is 28.6. The molecule has 0 heterocycles. The Labute approximate surface area is 247 Å². The van der Waals surface area contributed by atoms with E-state index in [-0.39, 0.29) is 23.0 Å². The monoisotopic (exact) mass is 603 g/mol. The van der Waals surface area contributed by atoms with Crippen molar-refractivity contribution in [3.05, 3.63) is 93.5 Å². The van der Waals surface area contributed by atoms with Crippen molar-refractivity contribution in [2.24, 2.45) is 0 Å². The zero-order chi connectivity index (χ0) is 29.8. The summed E-state index contributed by atoms with van der Waals surface area (Å²) in [5.74, 6) is -0.952. The van der Waals surface area contributed by atoms with Gasteiger partial charge in [0.25, 0.3) is 10.0 Å². The van der Waals surface area contributed by atoms with E-state index < -0.39 is 34.1 Å². The van der Waals surface area contributed by atoms with E-state index in [2.05, 4.69) is 5.32 Å². The fourth-order valence-electron chi connectivity index (χ4n) is 4.08. The highest BCUT2D eigenvalue weighted by atomic mass is 35.5. The minimum absolute atomic E-state index is 0.00415. The Balaban J connectivity index is 2.09. The molecular weight excluding hydrogens is 569 g/mol. The predicted octanol–water partition coefficient (Wildman–Crippen LogP) is 6.14. The summed E-state index contributed by atoms with van der Waals surface area (Å²) in [7, 11) is -4.19. The van der Waals surface area contributed by atoms with Crippen molar-refractivity contribution >= 4 is 50.7 Å². The van der Waals surface area contributed by atoms with Crippen LogP contribution in [0.2, 0.25) is 10.0 Å². The van der Waals surface area contributed by atoms with Crippen molar-refractivity contribution in [3.63, 3.8) is 0 Å². The number of carbonyl (C=O) groups excluding carboxylic acids is 2. The van der Waals surface area contributed by atoms with Gasteiger partial charge in [0.1, 0.15) is 12.6 Å². The summed E-state index contributed by atoms with van der Waals surface area (Å²) in [6.45, 7) is 10.1. The van der Waals surface area contributed by atoms with E-state index in [4.69, 9.17) is 23.2 Å². The Morgan fingerprint density at radius 2 is 1.50 bits per heavy atom. The van der Waals surface area contributed by atoms with Crippen molar-refractivity contribution in [2.75, 3.05) is 10.8 Å². The maximum Gasteiger partial charge on any atom is 0.264 e. The molecule has 0 bridgehead atoms. The van der Waals surface area contributed by atoms with Gasteiger partial charge in [0, 0.05) is 22.1 Å². The lowest BCUT2D eigenvalue weighted by Crippen LogP contribution is -2.54. The third-order valence-corrected chi connectivity index (χ3v) is 8.91. The highest BCUT2D eigenvalue weighted by molar-refractivity contribution is 7.92. The third-order valence-electron chi connectivity index (χ3n) is 6.36. The minimum Gasteiger partial charge on any atom is -0.350 e. The fourth-order valence-corrected chi connectivity index (χ4v) is 5.92. The Morgan fingerprint density at radius 3 is 2.10 bits per heavy atom. The molecule has 7 nitrogen and oxygen atoms in total. The molecule has 0 spiro atoms. The van der Waals surface area contributed by atoms with E-state index in [1.807, 2.05) is 27.7 Å². The van der Waals surface area contributed by atoms with E-state index in [1.54, 1.807) is 68.4 Å². The number of nitrogens with zero attached hydrogens (tertiary/aromatic N) is 2. The Hall–Kier alpha value is -3.07. The molecule has 3 aromatic rings. The minimum atomic E-state index is -4.19. The second kappa shape index (κ2) is 12.6. The lowest BCUT2D eigenvalue weighted by atomic mass is 10.1. The zero-order valence-corrected chi connectivity index (χ0v) is 25.9. The molecule has 0 unspecified atom stereocenters. The number of amides is 2. The molecule has 2 amide bonds. The van der Waals surface area contributed by atoms with Crippen LogP contribution in [0, 0.1) is 13.8 Å².